The molecule has 1 unspecified atom stereocenters. The van der Waals surface area contributed by atoms with Gasteiger partial charge in [0.1, 0.15) is 41.2 Å². The van der Waals surface area contributed by atoms with E-state index in [0.717, 1.165) is 32.2 Å². The highest BCUT2D eigenvalue weighted by atomic mass is 19.1. The summed E-state index contributed by atoms with van der Waals surface area (Å²) in [7, 11) is 3.73. The molecular formula is C38H38F3N7O3. The predicted molar refractivity (Wildman–Crippen MR) is 188 cm³/mol. The highest BCUT2D eigenvalue weighted by molar-refractivity contribution is 6.18. The van der Waals surface area contributed by atoms with Gasteiger partial charge in [0.05, 0.1) is 29.1 Å². The summed E-state index contributed by atoms with van der Waals surface area (Å²) >= 11 is 0. The first-order valence-electron chi connectivity index (χ1n) is 17.5. The van der Waals surface area contributed by atoms with Gasteiger partial charge in [0, 0.05) is 61.2 Å². The maximum atomic E-state index is 17.7. The number of anilines is 1. The Kier molecular flexibility index (Phi) is 7.40. The summed E-state index contributed by atoms with van der Waals surface area (Å²) in [6.45, 7) is 1.91. The van der Waals surface area contributed by atoms with Crippen LogP contribution in [0.4, 0.5) is 19.0 Å². The van der Waals surface area contributed by atoms with Crippen molar-refractivity contribution in [3.8, 4) is 35.2 Å². The fourth-order valence-electron chi connectivity index (χ4n) is 9.64. The Morgan fingerprint density at radius 3 is 2.75 bits per heavy atom. The molecule has 4 saturated heterocycles. The van der Waals surface area contributed by atoms with Crippen LogP contribution in [0.3, 0.4) is 0 Å². The van der Waals surface area contributed by atoms with Gasteiger partial charge in [-0.1, -0.05) is 12.0 Å². The van der Waals surface area contributed by atoms with Crippen LogP contribution in [-0.2, 0) is 7.05 Å². The summed E-state index contributed by atoms with van der Waals surface area (Å²) < 4.78 is 55.5. The zero-order valence-corrected chi connectivity index (χ0v) is 28.4. The molecule has 2 N–H and O–H groups in total. The van der Waals surface area contributed by atoms with Gasteiger partial charge in [-0.3, -0.25) is 14.5 Å². The number of rotatable bonds is 6. The monoisotopic (exact) mass is 697 g/mol. The van der Waals surface area contributed by atoms with Crippen LogP contribution in [0.5, 0.6) is 11.8 Å². The summed E-state index contributed by atoms with van der Waals surface area (Å²) in [4.78, 5) is 16.2. The molecule has 0 saturated carbocycles. The summed E-state index contributed by atoms with van der Waals surface area (Å²) in [5, 5.41) is 27.7. The fraction of sp³-hybridized carbons (Fsp3) is 0.447. The topological polar surface area (TPSA) is 103 Å². The van der Waals surface area contributed by atoms with Crippen LogP contribution in [0.2, 0.25) is 0 Å². The molecule has 10 nitrogen and oxygen atoms in total. The van der Waals surface area contributed by atoms with Gasteiger partial charge >= 0.3 is 6.01 Å². The number of hydrogen-bond acceptors (Lipinski definition) is 9. The molecule has 0 aliphatic carbocycles. The maximum Gasteiger partial charge on any atom is 0.319 e. The first-order chi connectivity index (χ1) is 24.6. The van der Waals surface area contributed by atoms with E-state index in [1.807, 2.05) is 7.05 Å². The number of phenols is 1. The molecule has 0 amide bonds. The molecule has 6 heterocycles. The number of halogens is 3. The summed E-state index contributed by atoms with van der Waals surface area (Å²) in [5.41, 5.74) is -0.145. The van der Waals surface area contributed by atoms with Crippen molar-refractivity contribution >= 4 is 38.4 Å². The number of aromatic nitrogens is 4. The molecule has 9 rings (SSSR count). The Balaban J connectivity index is 1.32. The number of terminal acetylenes is 1. The summed E-state index contributed by atoms with van der Waals surface area (Å²) in [5.74, 6) is 1.33. The zero-order valence-electron chi connectivity index (χ0n) is 28.4. The molecule has 4 aliphatic rings. The van der Waals surface area contributed by atoms with Crippen LogP contribution in [0.1, 0.15) is 37.7 Å². The average molecular weight is 698 g/mol. The number of aryl methyl sites for hydroxylation is 1. The lowest BCUT2D eigenvalue weighted by molar-refractivity contribution is 0.104. The van der Waals surface area contributed by atoms with Crippen LogP contribution < -0.4 is 9.64 Å². The molecule has 3 aromatic carbocycles. The number of likely N-dealkylation sites (tertiary alicyclic amines) is 1. The first kappa shape index (κ1) is 32.3. The average Bonchev–Trinajstić information content (AvgIpc) is 3.84. The molecule has 264 valence electrons. The molecular weight excluding hydrogens is 659 g/mol. The Morgan fingerprint density at radius 1 is 1.10 bits per heavy atom. The lowest BCUT2D eigenvalue weighted by Crippen LogP contribution is -2.60. The van der Waals surface area contributed by atoms with Gasteiger partial charge in [0.25, 0.3) is 0 Å². The van der Waals surface area contributed by atoms with Gasteiger partial charge in [0.2, 0.25) is 0 Å². The summed E-state index contributed by atoms with van der Waals surface area (Å²) in [6.07, 6.45) is 10.4. The predicted octanol–water partition coefficient (Wildman–Crippen LogP) is 4.90. The highest BCUT2D eigenvalue weighted by Gasteiger charge is 2.50. The standard InChI is InChI=1S/C38H38F3N7O3/c1-4-24-27(40)8-6-20-12-23(50)13-25(30(20)24)31-33(41)35-32(26-17-46(3)44-34(26)31)36(48-22-7-9-28(48)29(18-49)45(2)16-22)43-37(42-35)51-19-38-10-5-11-47(38)15-21(39)14-38/h1,6,8,12-13,17,21-22,28-29,49-50H,5,7,9-11,14-16,18-19H2,2-3H3/t21-,22-,28+,29?,38+/m1/s1. The molecule has 4 fully saturated rings. The Labute approximate surface area is 292 Å². The van der Waals surface area contributed by atoms with Gasteiger partial charge in [-0.15, -0.1) is 6.42 Å². The van der Waals surface area contributed by atoms with Crippen molar-refractivity contribution in [3.05, 3.63) is 47.7 Å². The Morgan fingerprint density at radius 2 is 1.94 bits per heavy atom. The number of hydrogen-bond donors (Lipinski definition) is 2. The molecule has 0 spiro atoms. The molecule has 4 aliphatic heterocycles. The molecule has 5 aromatic rings. The number of aliphatic hydroxyl groups is 1. The normalized spacial score (nSPS) is 26.5. The smallest absolute Gasteiger partial charge is 0.319 e. The Hall–Kier alpha value is -4.64. The number of piperazine rings is 1. The number of ether oxygens (including phenoxy) is 1. The third-order valence-electron chi connectivity index (χ3n) is 11.8. The largest absolute Gasteiger partial charge is 0.508 e. The third kappa shape index (κ3) is 4.80. The van der Waals surface area contributed by atoms with Crippen molar-refractivity contribution in [3.63, 3.8) is 0 Å². The van der Waals surface area contributed by atoms with E-state index in [4.69, 9.17) is 26.2 Å². The van der Waals surface area contributed by atoms with Crippen LogP contribution >= 0.6 is 0 Å². The number of likely N-dealkylation sites (N-methyl/N-ethyl adjacent to an activating group) is 1. The second-order valence-corrected chi connectivity index (χ2v) is 14.7. The SMILES string of the molecule is C#Cc1c(F)ccc2cc(O)cc(-c3c(F)c4nc(OC[C@@]56CCCN5C[C@H](F)C6)nc(N5[C@@H]6CC[C@H]5C(CO)N(C)C6)c4c4cn(C)nc34)c12. The second-order valence-electron chi connectivity index (χ2n) is 14.7. The van der Waals surface area contributed by atoms with E-state index in [1.54, 1.807) is 17.9 Å². The third-order valence-corrected chi connectivity index (χ3v) is 11.8. The van der Waals surface area contributed by atoms with E-state index >= 15 is 8.78 Å². The van der Waals surface area contributed by atoms with Crippen molar-refractivity contribution in [1.82, 2.24) is 29.5 Å². The van der Waals surface area contributed by atoms with E-state index in [-0.39, 0.29) is 76.2 Å². The van der Waals surface area contributed by atoms with Crippen LogP contribution in [-0.4, -0.2) is 109 Å². The fourth-order valence-corrected chi connectivity index (χ4v) is 9.64. The van der Waals surface area contributed by atoms with E-state index in [0.29, 0.717) is 41.5 Å². The zero-order chi connectivity index (χ0) is 35.3. The molecule has 2 aromatic heterocycles. The van der Waals surface area contributed by atoms with Crippen LogP contribution in [0.25, 0.3) is 43.7 Å². The molecule has 5 atom stereocenters. The van der Waals surface area contributed by atoms with E-state index < -0.39 is 23.3 Å². The highest BCUT2D eigenvalue weighted by Crippen LogP contribution is 2.48. The van der Waals surface area contributed by atoms with E-state index in [1.165, 1.54) is 24.3 Å². The van der Waals surface area contributed by atoms with Crippen molar-refractivity contribution in [2.45, 2.75) is 61.9 Å². The van der Waals surface area contributed by atoms with Crippen LogP contribution in [0.15, 0.2) is 30.5 Å². The van der Waals surface area contributed by atoms with Crippen molar-refractivity contribution in [2.75, 3.05) is 44.8 Å². The lowest BCUT2D eigenvalue weighted by Gasteiger charge is -2.45. The van der Waals surface area contributed by atoms with Crippen molar-refractivity contribution in [1.29, 1.82) is 0 Å². The molecule has 2 bridgehead atoms. The number of nitrogens with zero attached hydrogens (tertiary/aromatic N) is 7. The lowest BCUT2D eigenvalue weighted by atomic mass is 9.91. The van der Waals surface area contributed by atoms with Crippen molar-refractivity contribution in [2.24, 2.45) is 7.05 Å². The van der Waals surface area contributed by atoms with Crippen LogP contribution in [0, 0.1) is 24.0 Å². The number of aromatic hydroxyl groups is 1. The molecule has 51 heavy (non-hydrogen) atoms. The van der Waals surface area contributed by atoms with Gasteiger partial charge < -0.3 is 19.8 Å². The van der Waals surface area contributed by atoms with Gasteiger partial charge in [-0.05, 0) is 68.4 Å². The molecule has 0 radical (unpaired) electrons. The Bertz CT molecular complexity index is 2290. The van der Waals surface area contributed by atoms with Gasteiger partial charge in [-0.25, -0.2) is 13.2 Å². The first-order valence-corrected chi connectivity index (χ1v) is 17.5. The minimum Gasteiger partial charge on any atom is -0.508 e. The number of phenolic OH excluding ortho intramolecular Hbond substituents is 1. The minimum absolute atomic E-state index is 0.00269. The minimum atomic E-state index is -0.952. The maximum absolute atomic E-state index is 17.7. The van der Waals surface area contributed by atoms with E-state index in [9.17, 15) is 14.6 Å². The van der Waals surface area contributed by atoms with Crippen molar-refractivity contribution < 1.29 is 28.1 Å². The van der Waals surface area contributed by atoms with Gasteiger partial charge in [0.15, 0.2) is 5.82 Å². The summed E-state index contributed by atoms with van der Waals surface area (Å²) in [6, 6.07) is 5.25. The quantitative estimate of drug-likeness (QED) is 0.240. The number of aliphatic hydroxyl groups excluding tert-OH is 1. The second kappa shape index (κ2) is 11.7. The molecule has 13 heteroatoms. The number of alkyl halides is 1. The van der Waals surface area contributed by atoms with E-state index in [2.05, 4.69) is 20.6 Å². The van der Waals surface area contributed by atoms with Gasteiger partial charge in [-0.2, -0.15) is 15.1 Å². The number of fused-ring (bicyclic) bond motifs is 7. The number of benzene rings is 3.